The number of hydrogen-bond donors (Lipinski definition) is 1. The lowest BCUT2D eigenvalue weighted by Gasteiger charge is -2.46. The molecular weight excluding hydrogens is 664 g/mol. The Kier molecular flexibility index (Phi) is 9.36. The van der Waals surface area contributed by atoms with Gasteiger partial charge in [-0.1, -0.05) is 49.2 Å². The van der Waals surface area contributed by atoms with Gasteiger partial charge in [-0.05, 0) is 78.5 Å². The Labute approximate surface area is 296 Å². The van der Waals surface area contributed by atoms with Crippen molar-refractivity contribution in [2.75, 3.05) is 45.8 Å². The van der Waals surface area contributed by atoms with Crippen LogP contribution in [-0.4, -0.2) is 107 Å². The van der Waals surface area contributed by atoms with E-state index in [1.165, 1.54) is 32.6 Å². The fourth-order valence-electron chi connectivity index (χ4n) is 8.39. The molecule has 2 aromatic carbocycles. The smallest absolute Gasteiger partial charge is 0.280 e. The van der Waals surface area contributed by atoms with Crippen LogP contribution in [0.5, 0.6) is 0 Å². The minimum atomic E-state index is -3.09. The number of halogens is 3. The maximum Gasteiger partial charge on any atom is 0.280 e. The maximum absolute atomic E-state index is 15.8. The molecule has 266 valence electrons. The van der Waals surface area contributed by atoms with E-state index in [1.54, 1.807) is 12.1 Å². The number of piperidine rings is 2. The molecule has 0 radical (unpaired) electrons. The summed E-state index contributed by atoms with van der Waals surface area (Å²) in [6.07, 6.45) is 3.67. The molecular formula is C38H44ClF2N5O4. The molecule has 3 saturated heterocycles. The van der Waals surface area contributed by atoms with Crippen molar-refractivity contribution in [1.29, 1.82) is 0 Å². The predicted octanol–water partition coefficient (Wildman–Crippen LogP) is 5.23. The van der Waals surface area contributed by atoms with Crippen molar-refractivity contribution in [3.8, 4) is 0 Å². The Morgan fingerprint density at radius 1 is 0.960 bits per heavy atom. The lowest BCUT2D eigenvalue weighted by atomic mass is 9.72. The van der Waals surface area contributed by atoms with E-state index in [1.807, 2.05) is 17.0 Å². The fourth-order valence-corrected chi connectivity index (χ4v) is 8.51. The van der Waals surface area contributed by atoms with Crippen molar-refractivity contribution >= 4 is 40.8 Å². The zero-order valence-electron chi connectivity index (χ0n) is 28.7. The molecule has 2 unspecified atom stereocenters. The normalized spacial score (nSPS) is 25.9. The van der Waals surface area contributed by atoms with Crippen LogP contribution in [0.25, 0.3) is 5.57 Å². The van der Waals surface area contributed by atoms with Crippen LogP contribution in [-0.2, 0) is 16.1 Å². The summed E-state index contributed by atoms with van der Waals surface area (Å²) >= 11 is 6.17. The summed E-state index contributed by atoms with van der Waals surface area (Å²) in [6, 6.07) is 11.0. The highest BCUT2D eigenvalue weighted by Gasteiger charge is 2.49. The number of piperazine rings is 1. The molecule has 50 heavy (non-hydrogen) atoms. The molecule has 0 bridgehead atoms. The van der Waals surface area contributed by atoms with Gasteiger partial charge in [0.05, 0.1) is 12.6 Å². The molecule has 1 aliphatic carbocycles. The van der Waals surface area contributed by atoms with Gasteiger partial charge in [0, 0.05) is 68.4 Å². The van der Waals surface area contributed by atoms with Gasteiger partial charge in [-0.2, -0.15) is 0 Å². The second-order valence-electron chi connectivity index (χ2n) is 15.3. The van der Waals surface area contributed by atoms with E-state index in [0.29, 0.717) is 36.8 Å². The van der Waals surface area contributed by atoms with Gasteiger partial charge in [0.25, 0.3) is 17.7 Å². The number of amides is 4. The minimum absolute atomic E-state index is 0.142. The summed E-state index contributed by atoms with van der Waals surface area (Å²) in [4.78, 5) is 57.6. The number of hydrogen-bond acceptors (Lipinski definition) is 6. The van der Waals surface area contributed by atoms with Gasteiger partial charge in [-0.25, -0.2) is 8.78 Å². The molecule has 4 amide bonds. The second-order valence-corrected chi connectivity index (χ2v) is 15.7. The lowest BCUT2D eigenvalue weighted by Crippen LogP contribution is -2.62. The van der Waals surface area contributed by atoms with Crippen molar-refractivity contribution in [3.05, 3.63) is 75.3 Å². The van der Waals surface area contributed by atoms with E-state index in [2.05, 4.69) is 36.2 Å². The largest absolute Gasteiger partial charge is 0.332 e. The van der Waals surface area contributed by atoms with E-state index in [0.717, 1.165) is 25.8 Å². The van der Waals surface area contributed by atoms with E-state index in [4.69, 9.17) is 11.6 Å². The molecule has 1 N–H and O–H groups in total. The number of imide groups is 1. The zero-order valence-corrected chi connectivity index (χ0v) is 29.4. The van der Waals surface area contributed by atoms with Gasteiger partial charge in [0.1, 0.15) is 6.04 Å². The Morgan fingerprint density at radius 2 is 1.70 bits per heavy atom. The van der Waals surface area contributed by atoms with E-state index < -0.39 is 42.3 Å². The number of allylic oxidation sites excluding steroid dienone is 1. The first-order chi connectivity index (χ1) is 23.8. The lowest BCUT2D eigenvalue weighted by molar-refractivity contribution is -0.136. The first kappa shape index (κ1) is 34.8. The third-order valence-electron chi connectivity index (χ3n) is 11.3. The van der Waals surface area contributed by atoms with Gasteiger partial charge in [0.2, 0.25) is 11.8 Å². The number of benzene rings is 2. The predicted molar refractivity (Wildman–Crippen MR) is 186 cm³/mol. The molecule has 5 aliphatic rings. The van der Waals surface area contributed by atoms with Crippen LogP contribution in [0.15, 0.2) is 48.0 Å². The van der Waals surface area contributed by atoms with Crippen LogP contribution in [0, 0.1) is 5.41 Å². The molecule has 2 aromatic rings. The molecule has 4 aliphatic heterocycles. The van der Waals surface area contributed by atoms with Crippen LogP contribution in [0.4, 0.5) is 8.78 Å². The number of nitrogens with one attached hydrogen (secondary N) is 1. The molecule has 0 saturated carbocycles. The molecule has 12 heteroatoms. The third kappa shape index (κ3) is 6.96. The second kappa shape index (κ2) is 13.5. The van der Waals surface area contributed by atoms with Crippen molar-refractivity contribution < 1.29 is 28.0 Å². The zero-order chi connectivity index (χ0) is 35.4. The van der Waals surface area contributed by atoms with Crippen LogP contribution in [0.1, 0.15) is 84.2 Å². The summed E-state index contributed by atoms with van der Waals surface area (Å²) in [6.45, 7) is 7.64. The quantitative estimate of drug-likeness (QED) is 0.414. The van der Waals surface area contributed by atoms with Crippen molar-refractivity contribution in [1.82, 2.24) is 24.9 Å². The number of rotatable bonds is 6. The maximum atomic E-state index is 15.8. The number of nitrogens with zero attached hydrogens (tertiary/aromatic N) is 4. The molecule has 0 aromatic heterocycles. The van der Waals surface area contributed by atoms with Crippen molar-refractivity contribution in [3.63, 3.8) is 0 Å². The van der Waals surface area contributed by atoms with Crippen molar-refractivity contribution in [2.24, 2.45) is 5.41 Å². The fraction of sp³-hybridized carbons (Fsp3) is 0.526. The number of carbonyl (C=O) groups excluding carboxylic acids is 4. The molecule has 0 spiro atoms. The molecule has 4 heterocycles. The summed E-state index contributed by atoms with van der Waals surface area (Å²) in [5, 5.41) is 2.99. The van der Waals surface area contributed by atoms with Crippen LogP contribution < -0.4 is 5.32 Å². The summed E-state index contributed by atoms with van der Waals surface area (Å²) in [5.41, 5.74) is 5.34. The Bertz CT molecular complexity index is 1740. The standard InChI is InChI=1S/C38H44ClF2N5O4/c1-37(2)13-11-27(30(20-37)24-5-7-28(39)8-6-24)21-43-15-17-44(18-16-43)32-12-14-45(23-38(32,40)41)35(49)25-3-4-26-22-46(36(50)29(26)19-25)31-9-10-33(47)42-34(31)48/h3-8,19,31-32H,9-18,20-23H2,1-2H3,(H,42,47,48). The first-order valence-corrected chi connectivity index (χ1v) is 18.0. The van der Waals surface area contributed by atoms with Gasteiger partial charge in [-0.15, -0.1) is 0 Å². The monoisotopic (exact) mass is 707 g/mol. The average Bonchev–Trinajstić information content (AvgIpc) is 3.40. The van der Waals surface area contributed by atoms with Crippen LogP contribution in [0.2, 0.25) is 5.02 Å². The highest BCUT2D eigenvalue weighted by atomic mass is 35.5. The van der Waals surface area contributed by atoms with E-state index >= 15 is 8.78 Å². The Morgan fingerprint density at radius 3 is 2.40 bits per heavy atom. The Balaban J connectivity index is 0.961. The third-order valence-corrected chi connectivity index (χ3v) is 11.5. The van der Waals surface area contributed by atoms with Gasteiger partial charge in [0.15, 0.2) is 0 Å². The average molecular weight is 708 g/mol. The van der Waals surface area contributed by atoms with E-state index in [9.17, 15) is 19.2 Å². The molecule has 3 fully saturated rings. The summed E-state index contributed by atoms with van der Waals surface area (Å²) < 4.78 is 31.6. The SMILES string of the molecule is CC1(C)CCC(CN2CCN(C3CCN(C(=O)c4ccc5c(c4)C(=O)N(C4CCC(=O)NC4=O)C5)CC3(F)F)CC2)=C(c2ccc(Cl)cc2)C1. The Hall–Kier alpha value is -3.67. The summed E-state index contributed by atoms with van der Waals surface area (Å²) in [7, 11) is 0. The molecule has 7 rings (SSSR count). The van der Waals surface area contributed by atoms with E-state index in [-0.39, 0.29) is 54.8 Å². The number of carbonyl (C=O) groups is 4. The minimum Gasteiger partial charge on any atom is -0.332 e. The van der Waals surface area contributed by atoms with Crippen molar-refractivity contribution in [2.45, 2.75) is 76.9 Å². The number of likely N-dealkylation sites (tertiary alicyclic amines) is 1. The highest BCUT2D eigenvalue weighted by Crippen LogP contribution is 2.43. The van der Waals surface area contributed by atoms with Gasteiger partial charge in [-0.3, -0.25) is 34.3 Å². The number of fused-ring (bicyclic) bond motifs is 1. The molecule has 2 atom stereocenters. The summed E-state index contributed by atoms with van der Waals surface area (Å²) in [5.74, 6) is -4.92. The van der Waals surface area contributed by atoms with Gasteiger partial charge < -0.3 is 9.80 Å². The van der Waals surface area contributed by atoms with Gasteiger partial charge >= 0.3 is 0 Å². The number of alkyl halides is 2. The first-order valence-electron chi connectivity index (χ1n) is 17.7. The highest BCUT2D eigenvalue weighted by molar-refractivity contribution is 6.30. The topological polar surface area (TPSA) is 93.3 Å². The molecule has 9 nitrogen and oxygen atoms in total. The van der Waals surface area contributed by atoms with Crippen LogP contribution in [0.3, 0.4) is 0 Å². The van der Waals surface area contributed by atoms with Crippen LogP contribution >= 0.6 is 11.6 Å².